The molecule has 2 aromatic carbocycles. The third-order valence-electron chi connectivity index (χ3n) is 8.99. The highest BCUT2D eigenvalue weighted by Gasteiger charge is 2.50. The SMILES string of the molecule is CN(C)N=Nc1nc[nH]c1C(N)=O.COc1cccc2c1C(=O)c1c(O)c3c(c(O)c1C2=O)C[C@@](O)(C(=O)CO)C[C@@H]3O[C@H]1C[C@H](N)[C@@H](O)[C@H](C)O1. The minimum absolute atomic E-state index is 0.0173. The number of methoxy groups -OCH3 is 1. The molecule has 0 unspecified atom stereocenters. The number of primary amides is 1. The number of hydrogen-bond acceptors (Lipinski definition) is 16. The number of hydrogen-bond donors (Lipinski definition) is 8. The normalized spacial score (nSPS) is 25.0. The molecule has 19 heteroatoms. The fourth-order valence-corrected chi connectivity index (χ4v) is 6.43. The molecule has 0 spiro atoms. The Labute approximate surface area is 295 Å². The van der Waals surface area contributed by atoms with Crippen LogP contribution in [0.5, 0.6) is 17.2 Å². The maximum atomic E-state index is 13.6. The zero-order valence-electron chi connectivity index (χ0n) is 28.6. The van der Waals surface area contributed by atoms with Crippen LogP contribution in [0.15, 0.2) is 34.9 Å². The molecule has 10 N–H and O–H groups in total. The number of ketones is 3. The number of nitrogens with two attached hydrogens (primary N) is 2. The van der Waals surface area contributed by atoms with Crippen LogP contribution in [0.1, 0.15) is 79.3 Å². The Balaban J connectivity index is 0.000000340. The summed E-state index contributed by atoms with van der Waals surface area (Å²) in [6, 6.07) is 3.64. The standard InChI is InChI=1S/C27H29NO11.C6H10N6O/c1-10-22(31)13(28)6-17(38-10)39-15-8-27(36,16(30)9-29)7-12-19(15)26(35)21-20(24(12)33)23(32)11-4-3-5-14(37-2)18(11)25(21)34;1-12(2)11-10-6-4(5(7)13)8-3-9-6/h3-5,10,13,15,17,22,29,31,33,35-36H,6-9,28H2,1-2H3;3H,1-2H3,(H2,7,13)(H,8,9)/t10-,13-,15-,17-,22-,27-;/m0./s1. The lowest BCUT2D eigenvalue weighted by molar-refractivity contribution is -0.247. The van der Waals surface area contributed by atoms with Crippen LogP contribution >= 0.6 is 0 Å². The monoisotopic (exact) mass is 725 g/mol. The highest BCUT2D eigenvalue weighted by molar-refractivity contribution is 6.31. The van der Waals surface area contributed by atoms with Crippen LogP contribution in [0.25, 0.3) is 0 Å². The summed E-state index contributed by atoms with van der Waals surface area (Å²) in [5.74, 6) is -4.19. The van der Waals surface area contributed by atoms with Crippen LogP contribution in [0.4, 0.5) is 5.82 Å². The van der Waals surface area contributed by atoms with Crippen LogP contribution in [0.2, 0.25) is 0 Å². The lowest BCUT2D eigenvalue weighted by atomic mass is 9.72. The fourth-order valence-electron chi connectivity index (χ4n) is 6.43. The average Bonchev–Trinajstić information content (AvgIpc) is 3.59. The molecule has 1 aliphatic heterocycles. The Morgan fingerprint density at radius 1 is 1.15 bits per heavy atom. The minimum atomic E-state index is -2.24. The first-order valence-corrected chi connectivity index (χ1v) is 15.9. The summed E-state index contributed by atoms with van der Waals surface area (Å²) in [7, 11) is 4.74. The van der Waals surface area contributed by atoms with Crippen LogP contribution < -0.4 is 16.2 Å². The molecule has 0 radical (unpaired) electrons. The van der Waals surface area contributed by atoms with Crippen molar-refractivity contribution in [1.82, 2.24) is 15.0 Å². The Morgan fingerprint density at radius 2 is 1.85 bits per heavy atom. The molecule has 19 nitrogen and oxygen atoms in total. The lowest BCUT2D eigenvalue weighted by Gasteiger charge is -2.42. The van der Waals surface area contributed by atoms with Gasteiger partial charge in [-0.3, -0.25) is 24.2 Å². The number of amides is 1. The van der Waals surface area contributed by atoms with Crippen LogP contribution in [-0.2, 0) is 20.7 Å². The number of aliphatic hydroxyl groups is 3. The predicted octanol–water partition coefficient (Wildman–Crippen LogP) is 0.0702. The van der Waals surface area contributed by atoms with E-state index in [-0.39, 0.29) is 45.9 Å². The van der Waals surface area contributed by atoms with Crippen LogP contribution in [-0.4, -0.2) is 122 Å². The first-order valence-electron chi connectivity index (χ1n) is 15.9. The van der Waals surface area contributed by atoms with Gasteiger partial charge in [-0.25, -0.2) is 4.98 Å². The molecule has 6 rings (SSSR count). The van der Waals surface area contributed by atoms with Gasteiger partial charge in [-0.05, 0) is 13.0 Å². The maximum absolute atomic E-state index is 13.6. The quantitative estimate of drug-likeness (QED) is 0.0677. The van der Waals surface area contributed by atoms with Gasteiger partial charge in [-0.2, -0.15) is 0 Å². The Bertz CT molecular complexity index is 1930. The number of nitrogens with one attached hydrogen (secondary N) is 1. The molecule has 2 aliphatic carbocycles. The summed E-state index contributed by atoms with van der Waals surface area (Å²) in [6.07, 6.45) is -3.79. The van der Waals surface area contributed by atoms with Gasteiger partial charge in [0, 0.05) is 56.1 Å². The summed E-state index contributed by atoms with van der Waals surface area (Å²) in [4.78, 5) is 56.8. The molecule has 3 aromatic rings. The number of rotatable bonds is 8. The van der Waals surface area contributed by atoms with E-state index in [0.29, 0.717) is 0 Å². The van der Waals surface area contributed by atoms with E-state index in [4.69, 9.17) is 25.7 Å². The fraction of sp³-hybridized carbons (Fsp3) is 0.424. The molecule has 2 heterocycles. The van der Waals surface area contributed by atoms with Crippen molar-refractivity contribution in [3.05, 3.63) is 63.6 Å². The second-order valence-corrected chi connectivity index (χ2v) is 12.7. The molecule has 6 atom stereocenters. The van der Waals surface area contributed by atoms with Crippen LogP contribution in [0, 0.1) is 0 Å². The Morgan fingerprint density at radius 3 is 2.46 bits per heavy atom. The molecule has 1 saturated heterocycles. The topological polar surface area (TPSA) is 306 Å². The van der Waals surface area contributed by atoms with Crippen molar-refractivity contribution < 1.29 is 58.9 Å². The Kier molecular flexibility index (Phi) is 10.8. The van der Waals surface area contributed by atoms with Crippen molar-refractivity contribution in [1.29, 1.82) is 0 Å². The van der Waals surface area contributed by atoms with E-state index in [1.165, 1.54) is 36.6 Å². The summed E-state index contributed by atoms with van der Waals surface area (Å²) >= 11 is 0. The van der Waals surface area contributed by atoms with E-state index in [1.54, 1.807) is 21.0 Å². The number of carbonyl (C=O) groups excluding carboxylic acids is 4. The number of nitrogens with zero attached hydrogens (tertiary/aromatic N) is 4. The molecule has 278 valence electrons. The van der Waals surface area contributed by atoms with Gasteiger partial charge < -0.3 is 56.2 Å². The van der Waals surface area contributed by atoms with Crippen molar-refractivity contribution in [2.45, 2.75) is 62.4 Å². The smallest absolute Gasteiger partial charge is 0.269 e. The van der Waals surface area contributed by atoms with Gasteiger partial charge in [0.2, 0.25) is 11.6 Å². The first kappa shape index (κ1) is 37.9. The van der Waals surface area contributed by atoms with E-state index in [2.05, 4.69) is 20.3 Å². The number of benzene rings is 2. The number of ether oxygens (including phenoxy) is 3. The number of imidazole rings is 1. The van der Waals surface area contributed by atoms with E-state index in [1.807, 2.05) is 0 Å². The highest BCUT2D eigenvalue weighted by Crippen LogP contribution is 2.52. The van der Waals surface area contributed by atoms with E-state index in [0.717, 1.165) is 0 Å². The molecule has 52 heavy (non-hydrogen) atoms. The number of phenolic OH excluding ortho intramolecular Hbond substituents is 2. The first-order chi connectivity index (χ1) is 24.5. The third-order valence-corrected chi connectivity index (χ3v) is 8.99. The molecule has 0 saturated carbocycles. The average molecular weight is 726 g/mol. The van der Waals surface area contributed by atoms with E-state index in [9.17, 15) is 44.7 Å². The second kappa shape index (κ2) is 14.7. The van der Waals surface area contributed by atoms with Gasteiger partial charge in [-0.1, -0.05) is 17.4 Å². The van der Waals surface area contributed by atoms with Gasteiger partial charge >= 0.3 is 0 Å². The highest BCUT2D eigenvalue weighted by atomic mass is 16.7. The van der Waals surface area contributed by atoms with Gasteiger partial charge in [-0.15, -0.1) is 5.11 Å². The third kappa shape index (κ3) is 6.84. The van der Waals surface area contributed by atoms with E-state index < -0.39 is 102 Å². The molecule has 1 fully saturated rings. The molecule has 1 amide bonds. The molecular formula is C33H39N7O12. The minimum Gasteiger partial charge on any atom is -0.507 e. The summed E-state index contributed by atoms with van der Waals surface area (Å²) in [6.45, 7) is 0.560. The number of aromatic nitrogens is 2. The summed E-state index contributed by atoms with van der Waals surface area (Å²) in [5.41, 5.74) is 7.57. The van der Waals surface area contributed by atoms with E-state index >= 15 is 0 Å². The van der Waals surface area contributed by atoms with Crippen molar-refractivity contribution in [2.75, 3.05) is 27.8 Å². The predicted molar refractivity (Wildman–Crippen MR) is 177 cm³/mol. The number of H-pyrrole nitrogens is 1. The molecule has 0 bridgehead atoms. The molecular weight excluding hydrogens is 686 g/mol. The second-order valence-electron chi connectivity index (χ2n) is 12.7. The van der Waals surface area contributed by atoms with Crippen molar-refractivity contribution in [2.24, 2.45) is 21.8 Å². The molecule has 3 aliphatic rings. The number of carbonyl (C=O) groups is 4. The maximum Gasteiger partial charge on any atom is 0.269 e. The lowest BCUT2D eigenvalue weighted by Crippen LogP contribution is -2.53. The van der Waals surface area contributed by atoms with Gasteiger partial charge in [0.05, 0.1) is 48.4 Å². The van der Waals surface area contributed by atoms with Crippen LogP contribution in [0.3, 0.4) is 0 Å². The number of phenols is 2. The van der Waals surface area contributed by atoms with Crippen molar-refractivity contribution >= 4 is 29.1 Å². The number of aliphatic hydroxyl groups excluding tert-OH is 2. The van der Waals surface area contributed by atoms with Gasteiger partial charge in [0.15, 0.2) is 23.6 Å². The zero-order chi connectivity index (χ0) is 38.2. The molecule has 1 aromatic heterocycles. The van der Waals surface area contributed by atoms with Crippen molar-refractivity contribution in [3.8, 4) is 17.2 Å². The number of fused-ring (bicyclic) bond motifs is 3. The van der Waals surface area contributed by atoms with Gasteiger partial charge in [0.25, 0.3) is 5.91 Å². The summed E-state index contributed by atoms with van der Waals surface area (Å²) in [5, 5.41) is 62.6. The largest absolute Gasteiger partial charge is 0.507 e. The number of aromatic hydroxyl groups is 2. The zero-order valence-corrected chi connectivity index (χ0v) is 28.6. The summed E-state index contributed by atoms with van der Waals surface area (Å²) < 4.78 is 17.0. The van der Waals surface area contributed by atoms with Gasteiger partial charge in [0.1, 0.15) is 29.5 Å². The number of aromatic amines is 1. The Hall–Kier alpha value is -5.31. The number of Topliss-reactive ketones (excluding diaryl/α,β-unsaturated/α-hetero) is 1. The van der Waals surface area contributed by atoms with Crippen molar-refractivity contribution in [3.63, 3.8) is 0 Å².